The Balaban J connectivity index is 1.83. The second-order valence-corrected chi connectivity index (χ2v) is 7.69. The lowest BCUT2D eigenvalue weighted by atomic mass is 9.96. The third-order valence-corrected chi connectivity index (χ3v) is 5.56. The van der Waals surface area contributed by atoms with Gasteiger partial charge in [-0.1, -0.05) is 97.1 Å². The summed E-state index contributed by atoms with van der Waals surface area (Å²) in [6, 6.07) is 35.6. The van der Waals surface area contributed by atoms with E-state index in [9.17, 15) is 4.79 Å². The zero-order chi connectivity index (χ0) is 21.9. The van der Waals surface area contributed by atoms with Gasteiger partial charge in [-0.15, -0.1) is 0 Å². The van der Waals surface area contributed by atoms with Gasteiger partial charge in [0.1, 0.15) is 5.65 Å². The largest absolute Gasteiger partial charge is 0.296 e. The number of benzene rings is 3. The van der Waals surface area contributed by atoms with Crippen molar-refractivity contribution in [2.24, 2.45) is 0 Å². The van der Waals surface area contributed by atoms with Crippen LogP contribution < -0.4 is 0 Å². The van der Waals surface area contributed by atoms with Crippen LogP contribution >= 0.6 is 0 Å². The molecular weight excluding hydrogens is 392 g/mol. The molecule has 5 aromatic rings. The van der Waals surface area contributed by atoms with Gasteiger partial charge in [-0.2, -0.15) is 0 Å². The fourth-order valence-corrected chi connectivity index (χ4v) is 4.02. The summed E-state index contributed by atoms with van der Waals surface area (Å²) in [6.07, 6.45) is 1.74. The molecule has 0 aliphatic carbocycles. The summed E-state index contributed by atoms with van der Waals surface area (Å²) in [5.41, 5.74) is 7.18. The molecule has 0 unspecified atom stereocenters. The Labute approximate surface area is 187 Å². The number of nitrogens with zero attached hydrogens (tertiary/aromatic N) is 2. The van der Waals surface area contributed by atoms with Crippen LogP contribution in [0.25, 0.3) is 22.5 Å². The Morgan fingerprint density at radius 2 is 1.31 bits per heavy atom. The number of fused-ring (bicyclic) bond motifs is 1. The fraction of sp³-hybridized carbons (Fsp3) is 0.0345. The number of hydrogen-bond donors (Lipinski definition) is 0. The highest BCUT2D eigenvalue weighted by molar-refractivity contribution is 6.11. The lowest BCUT2D eigenvalue weighted by Gasteiger charge is -2.13. The van der Waals surface area contributed by atoms with Gasteiger partial charge in [0, 0.05) is 22.4 Å². The summed E-state index contributed by atoms with van der Waals surface area (Å²) in [7, 11) is 0. The molecule has 32 heavy (non-hydrogen) atoms. The number of carbonyl (C=O) groups excluding carboxylic acids is 1. The predicted octanol–water partition coefficient (Wildman–Crippen LogP) is 6.62. The van der Waals surface area contributed by atoms with Crippen molar-refractivity contribution in [3.63, 3.8) is 0 Å². The molecular formula is C29H22N2O. The van der Waals surface area contributed by atoms with Crippen LogP contribution in [0.1, 0.15) is 27.3 Å². The first-order chi connectivity index (χ1) is 15.7. The normalized spacial score (nSPS) is 11.6. The van der Waals surface area contributed by atoms with E-state index in [-0.39, 0.29) is 5.78 Å². The van der Waals surface area contributed by atoms with Crippen LogP contribution in [0.5, 0.6) is 0 Å². The van der Waals surface area contributed by atoms with E-state index in [0.29, 0.717) is 5.56 Å². The second kappa shape index (κ2) is 8.48. The van der Waals surface area contributed by atoms with E-state index in [4.69, 9.17) is 4.98 Å². The van der Waals surface area contributed by atoms with Gasteiger partial charge < -0.3 is 0 Å². The Bertz CT molecular complexity index is 1420. The van der Waals surface area contributed by atoms with Crippen LogP contribution in [0.15, 0.2) is 115 Å². The van der Waals surface area contributed by atoms with E-state index in [1.807, 2.05) is 91.0 Å². The maximum Gasteiger partial charge on any atom is 0.186 e. The fourth-order valence-electron chi connectivity index (χ4n) is 4.02. The maximum absolute atomic E-state index is 13.3. The number of pyridine rings is 1. The number of imidazole rings is 1. The van der Waals surface area contributed by atoms with Crippen molar-refractivity contribution < 1.29 is 4.79 Å². The van der Waals surface area contributed by atoms with Crippen LogP contribution in [-0.2, 0) is 0 Å². The molecule has 3 heteroatoms. The molecule has 0 aliphatic heterocycles. The first-order valence-corrected chi connectivity index (χ1v) is 10.6. The van der Waals surface area contributed by atoms with Crippen molar-refractivity contribution in [3.05, 3.63) is 138 Å². The van der Waals surface area contributed by atoms with Crippen LogP contribution in [0.3, 0.4) is 0 Å². The summed E-state index contributed by atoms with van der Waals surface area (Å²) in [4.78, 5) is 18.3. The van der Waals surface area contributed by atoms with Crippen molar-refractivity contribution >= 4 is 17.0 Å². The molecule has 0 saturated carbocycles. The van der Waals surface area contributed by atoms with Gasteiger partial charge in [0.05, 0.1) is 11.4 Å². The first kappa shape index (κ1) is 19.7. The van der Waals surface area contributed by atoms with Crippen LogP contribution in [0, 0.1) is 6.92 Å². The Morgan fingerprint density at radius 1 is 0.719 bits per heavy atom. The molecule has 2 aromatic heterocycles. The van der Waals surface area contributed by atoms with E-state index in [1.54, 1.807) is 6.08 Å². The average Bonchev–Trinajstić information content (AvgIpc) is 3.25. The summed E-state index contributed by atoms with van der Waals surface area (Å²) >= 11 is 0. The number of aromatic nitrogens is 2. The standard InChI is InChI=1S/C29H22N2O/c1-21-12-11-19-27-30-28(24-17-9-4-10-18-24)29(31(21)27)25(22-13-5-2-6-14-22)20-26(32)23-15-7-3-8-16-23/h2-20H,1H3/b25-20+. The molecule has 0 bridgehead atoms. The molecule has 0 amide bonds. The lowest BCUT2D eigenvalue weighted by Crippen LogP contribution is -2.03. The van der Waals surface area contributed by atoms with Crippen LogP contribution in [-0.4, -0.2) is 15.2 Å². The maximum atomic E-state index is 13.3. The van der Waals surface area contributed by atoms with Gasteiger partial charge in [-0.25, -0.2) is 4.98 Å². The molecule has 3 aromatic carbocycles. The number of aryl methyl sites for hydroxylation is 1. The number of allylic oxidation sites excluding steroid dienone is 1. The minimum atomic E-state index is -0.0352. The van der Waals surface area contributed by atoms with Gasteiger partial charge in [0.25, 0.3) is 0 Å². The Hall–Kier alpha value is -4.24. The lowest BCUT2D eigenvalue weighted by molar-refractivity contribution is 0.104. The number of hydrogen-bond acceptors (Lipinski definition) is 2. The molecule has 2 heterocycles. The van der Waals surface area contributed by atoms with Gasteiger partial charge in [0.2, 0.25) is 0 Å². The topological polar surface area (TPSA) is 34.4 Å². The van der Waals surface area contributed by atoms with Crippen LogP contribution in [0.4, 0.5) is 0 Å². The van der Waals surface area contributed by atoms with E-state index in [0.717, 1.165) is 39.4 Å². The number of rotatable bonds is 5. The van der Waals surface area contributed by atoms with Crippen molar-refractivity contribution in [2.75, 3.05) is 0 Å². The quantitative estimate of drug-likeness (QED) is 0.239. The highest BCUT2D eigenvalue weighted by atomic mass is 16.1. The summed E-state index contributed by atoms with van der Waals surface area (Å²) in [5, 5.41) is 0. The third kappa shape index (κ3) is 3.65. The SMILES string of the molecule is Cc1cccc2nc(-c3ccccc3)c(/C(=C/C(=O)c3ccccc3)c3ccccc3)n12. The van der Waals surface area contributed by atoms with Crippen LogP contribution in [0.2, 0.25) is 0 Å². The van der Waals surface area contributed by atoms with Crippen molar-refractivity contribution in [2.45, 2.75) is 6.92 Å². The zero-order valence-electron chi connectivity index (χ0n) is 17.8. The molecule has 5 rings (SSSR count). The zero-order valence-corrected chi connectivity index (χ0v) is 17.8. The Morgan fingerprint density at radius 3 is 1.97 bits per heavy atom. The molecule has 0 N–H and O–H groups in total. The van der Waals surface area contributed by atoms with Crippen molar-refractivity contribution in [1.82, 2.24) is 9.38 Å². The molecule has 0 saturated heterocycles. The summed E-state index contributed by atoms with van der Waals surface area (Å²) in [5.74, 6) is -0.0352. The van der Waals surface area contributed by atoms with Crippen molar-refractivity contribution in [3.8, 4) is 11.3 Å². The molecule has 0 radical (unpaired) electrons. The minimum absolute atomic E-state index is 0.0352. The van der Waals surface area contributed by atoms with Gasteiger partial charge in [-0.3, -0.25) is 9.20 Å². The minimum Gasteiger partial charge on any atom is -0.296 e. The van der Waals surface area contributed by atoms with E-state index < -0.39 is 0 Å². The van der Waals surface area contributed by atoms with Gasteiger partial charge in [0.15, 0.2) is 5.78 Å². The smallest absolute Gasteiger partial charge is 0.186 e. The Kier molecular flexibility index (Phi) is 5.22. The molecule has 3 nitrogen and oxygen atoms in total. The monoisotopic (exact) mass is 414 g/mol. The molecule has 0 fully saturated rings. The number of carbonyl (C=O) groups is 1. The van der Waals surface area contributed by atoms with E-state index in [2.05, 4.69) is 29.5 Å². The summed E-state index contributed by atoms with van der Waals surface area (Å²) in [6.45, 7) is 2.06. The molecule has 0 spiro atoms. The first-order valence-electron chi connectivity index (χ1n) is 10.6. The molecule has 0 atom stereocenters. The third-order valence-electron chi connectivity index (χ3n) is 5.56. The van der Waals surface area contributed by atoms with E-state index in [1.165, 1.54) is 0 Å². The van der Waals surface area contributed by atoms with E-state index >= 15 is 0 Å². The predicted molar refractivity (Wildman–Crippen MR) is 130 cm³/mol. The molecule has 154 valence electrons. The molecule has 0 aliphatic rings. The average molecular weight is 415 g/mol. The van der Waals surface area contributed by atoms with Gasteiger partial charge in [-0.05, 0) is 30.7 Å². The highest BCUT2D eigenvalue weighted by Gasteiger charge is 2.21. The van der Waals surface area contributed by atoms with Gasteiger partial charge >= 0.3 is 0 Å². The highest BCUT2D eigenvalue weighted by Crippen LogP contribution is 2.34. The number of ketones is 1. The second-order valence-electron chi connectivity index (χ2n) is 7.69. The van der Waals surface area contributed by atoms with Crippen molar-refractivity contribution in [1.29, 1.82) is 0 Å². The summed E-state index contributed by atoms with van der Waals surface area (Å²) < 4.78 is 2.14.